The predicted molar refractivity (Wildman–Crippen MR) is 105 cm³/mol. The van der Waals surface area contributed by atoms with Crippen molar-refractivity contribution in [2.75, 3.05) is 13.1 Å². The van der Waals surface area contributed by atoms with E-state index in [2.05, 4.69) is 20.5 Å². The number of benzene rings is 1. The third-order valence-corrected chi connectivity index (χ3v) is 6.38. The van der Waals surface area contributed by atoms with E-state index in [0.29, 0.717) is 0 Å². The smallest absolute Gasteiger partial charge is 0.254 e. The van der Waals surface area contributed by atoms with E-state index in [1.54, 1.807) is 0 Å². The van der Waals surface area contributed by atoms with E-state index in [4.69, 9.17) is 4.98 Å². The maximum Gasteiger partial charge on any atom is 0.254 e. The third kappa shape index (κ3) is 2.48. The summed E-state index contributed by atoms with van der Waals surface area (Å²) in [6, 6.07) is 8.05. The first-order chi connectivity index (χ1) is 13.1. The van der Waals surface area contributed by atoms with Crippen molar-refractivity contribution in [3.63, 3.8) is 0 Å². The Morgan fingerprint density at radius 2 is 2.11 bits per heavy atom. The van der Waals surface area contributed by atoms with E-state index in [0.717, 1.165) is 61.1 Å². The number of aryl methyl sites for hydroxylation is 3. The number of likely N-dealkylation sites (tertiary alicyclic amines) is 1. The highest BCUT2D eigenvalue weighted by molar-refractivity contribution is 6.06. The minimum Gasteiger partial charge on any atom is -0.351 e. The summed E-state index contributed by atoms with van der Waals surface area (Å²) >= 11 is 0. The zero-order valence-electron chi connectivity index (χ0n) is 15.9. The van der Waals surface area contributed by atoms with Crippen molar-refractivity contribution in [2.24, 2.45) is 7.05 Å². The Morgan fingerprint density at radius 3 is 3.00 bits per heavy atom. The molecule has 0 N–H and O–H groups in total. The van der Waals surface area contributed by atoms with Gasteiger partial charge in [0, 0.05) is 54.4 Å². The van der Waals surface area contributed by atoms with Gasteiger partial charge in [-0.1, -0.05) is 6.07 Å². The lowest BCUT2D eigenvalue weighted by atomic mass is 9.77. The first-order valence-corrected chi connectivity index (χ1v) is 9.74. The first-order valence-electron chi connectivity index (χ1n) is 9.74. The molecule has 1 unspecified atom stereocenters. The molecule has 0 bridgehead atoms. The van der Waals surface area contributed by atoms with Gasteiger partial charge >= 0.3 is 0 Å². The van der Waals surface area contributed by atoms with E-state index in [9.17, 15) is 4.79 Å². The molecule has 0 saturated carbocycles. The maximum atomic E-state index is 13.4. The molecule has 1 aliphatic carbocycles. The van der Waals surface area contributed by atoms with E-state index in [1.165, 1.54) is 11.3 Å². The van der Waals surface area contributed by atoms with Gasteiger partial charge in [-0.3, -0.25) is 4.79 Å². The summed E-state index contributed by atoms with van der Waals surface area (Å²) in [7, 11) is 2.02. The van der Waals surface area contributed by atoms with Gasteiger partial charge in [0.05, 0.1) is 5.69 Å². The lowest BCUT2D eigenvalue weighted by molar-refractivity contribution is 0.0635. The van der Waals surface area contributed by atoms with Crippen molar-refractivity contribution in [2.45, 2.75) is 38.0 Å². The Bertz CT molecular complexity index is 1050. The molecule has 1 saturated heterocycles. The van der Waals surface area contributed by atoms with Gasteiger partial charge in [-0.25, -0.2) is 9.97 Å². The van der Waals surface area contributed by atoms with Crippen LogP contribution in [0.5, 0.6) is 0 Å². The maximum absolute atomic E-state index is 13.4. The summed E-state index contributed by atoms with van der Waals surface area (Å²) < 4.78 is 2.07. The molecule has 1 aromatic carbocycles. The van der Waals surface area contributed by atoms with Crippen molar-refractivity contribution >= 4 is 16.8 Å². The second-order valence-corrected chi connectivity index (χ2v) is 8.07. The second-order valence-electron chi connectivity index (χ2n) is 8.07. The fourth-order valence-corrected chi connectivity index (χ4v) is 4.99. The highest BCUT2D eigenvalue weighted by Crippen LogP contribution is 2.44. The zero-order chi connectivity index (χ0) is 18.6. The second kappa shape index (κ2) is 5.91. The Labute approximate surface area is 159 Å². The minimum atomic E-state index is 0.00152. The van der Waals surface area contributed by atoms with Crippen molar-refractivity contribution in [1.29, 1.82) is 0 Å². The molecular formula is C22H24N4O. The summed E-state index contributed by atoms with van der Waals surface area (Å²) in [4.78, 5) is 24.7. The van der Waals surface area contributed by atoms with Gasteiger partial charge < -0.3 is 9.47 Å². The monoisotopic (exact) mass is 360 g/mol. The van der Waals surface area contributed by atoms with Crippen LogP contribution in [0.4, 0.5) is 0 Å². The van der Waals surface area contributed by atoms with Gasteiger partial charge in [-0.05, 0) is 56.4 Å². The number of fused-ring (bicyclic) bond motifs is 3. The lowest BCUT2D eigenvalue weighted by Gasteiger charge is -2.40. The number of carbonyl (C=O) groups is 1. The minimum absolute atomic E-state index is 0.00152. The predicted octanol–water partition coefficient (Wildman–Crippen LogP) is 3.40. The van der Waals surface area contributed by atoms with Gasteiger partial charge in [0.1, 0.15) is 5.82 Å². The molecule has 1 aliphatic heterocycles. The molecule has 1 amide bonds. The van der Waals surface area contributed by atoms with Crippen molar-refractivity contribution in [1.82, 2.24) is 19.4 Å². The first kappa shape index (κ1) is 16.5. The molecule has 2 aromatic heterocycles. The molecule has 1 atom stereocenters. The Kier molecular flexibility index (Phi) is 3.61. The van der Waals surface area contributed by atoms with Crippen LogP contribution in [0.15, 0.2) is 36.7 Å². The van der Waals surface area contributed by atoms with Gasteiger partial charge in [-0.2, -0.15) is 0 Å². The van der Waals surface area contributed by atoms with Crippen LogP contribution >= 0.6 is 0 Å². The summed E-state index contributed by atoms with van der Waals surface area (Å²) in [5, 5.41) is 1.04. The van der Waals surface area contributed by atoms with E-state index >= 15 is 0 Å². The van der Waals surface area contributed by atoms with Gasteiger partial charge in [0.25, 0.3) is 5.91 Å². The number of hydrogen-bond donors (Lipinski definition) is 0. The molecule has 5 nitrogen and oxygen atoms in total. The highest BCUT2D eigenvalue weighted by atomic mass is 16.2. The summed E-state index contributed by atoms with van der Waals surface area (Å²) in [6.45, 7) is 3.54. The molecule has 0 radical (unpaired) electrons. The Morgan fingerprint density at radius 1 is 1.22 bits per heavy atom. The molecular weight excluding hydrogens is 336 g/mol. The number of carbonyl (C=O) groups excluding carboxylic acids is 1. The van der Waals surface area contributed by atoms with Crippen molar-refractivity contribution in [3.05, 3.63) is 59.3 Å². The Hall–Kier alpha value is -2.69. The largest absolute Gasteiger partial charge is 0.351 e. The van der Waals surface area contributed by atoms with Crippen molar-refractivity contribution < 1.29 is 4.79 Å². The van der Waals surface area contributed by atoms with Gasteiger partial charge in [0.2, 0.25) is 0 Å². The topological polar surface area (TPSA) is 51.0 Å². The molecule has 2 aliphatic rings. The van der Waals surface area contributed by atoms with Gasteiger partial charge in [0.15, 0.2) is 0 Å². The van der Waals surface area contributed by atoms with E-state index in [1.807, 2.05) is 44.6 Å². The number of piperidine rings is 1. The van der Waals surface area contributed by atoms with Crippen LogP contribution in [0.1, 0.15) is 46.7 Å². The van der Waals surface area contributed by atoms with Crippen LogP contribution in [0.2, 0.25) is 0 Å². The van der Waals surface area contributed by atoms with Gasteiger partial charge in [-0.15, -0.1) is 0 Å². The lowest BCUT2D eigenvalue weighted by Crippen LogP contribution is -2.48. The molecule has 138 valence electrons. The van der Waals surface area contributed by atoms with Crippen LogP contribution < -0.4 is 0 Å². The average molecular weight is 360 g/mol. The standard InChI is InChI=1S/C22H24N4O/c1-15-23-13-16-7-10-22(20(16)24-15)9-4-11-26(14-22)21(27)18-5-3-6-19-17(18)8-12-25(19)2/h3,5-6,8,12-13H,4,7,9-11,14H2,1-2H3. The van der Waals surface area contributed by atoms with E-state index < -0.39 is 0 Å². The number of nitrogens with zero attached hydrogens (tertiary/aromatic N) is 4. The van der Waals surface area contributed by atoms with Crippen LogP contribution in [0.25, 0.3) is 10.9 Å². The van der Waals surface area contributed by atoms with E-state index in [-0.39, 0.29) is 11.3 Å². The fraction of sp³-hybridized carbons (Fsp3) is 0.409. The summed E-state index contributed by atoms with van der Waals surface area (Å²) in [5.41, 5.74) is 4.36. The zero-order valence-corrected chi connectivity index (χ0v) is 15.9. The molecule has 5 rings (SSSR count). The molecule has 27 heavy (non-hydrogen) atoms. The van der Waals surface area contributed by atoms with Crippen molar-refractivity contribution in [3.8, 4) is 0 Å². The summed E-state index contributed by atoms with van der Waals surface area (Å²) in [5.74, 6) is 0.970. The van der Waals surface area contributed by atoms with Crippen LogP contribution in [-0.4, -0.2) is 38.4 Å². The SMILES string of the molecule is Cc1ncc2c(n1)C1(CCCN(C(=O)c3cccc4c3ccn4C)C1)CC2. The number of aromatic nitrogens is 3. The number of amides is 1. The molecule has 5 heteroatoms. The summed E-state index contributed by atoms with van der Waals surface area (Å²) in [6.07, 6.45) is 8.23. The average Bonchev–Trinajstić information content (AvgIpc) is 3.23. The third-order valence-electron chi connectivity index (χ3n) is 6.38. The normalized spacial score (nSPS) is 21.8. The highest BCUT2D eigenvalue weighted by Gasteiger charge is 2.44. The molecule has 1 spiro atoms. The van der Waals surface area contributed by atoms with Crippen LogP contribution in [0.3, 0.4) is 0 Å². The number of rotatable bonds is 1. The quantitative estimate of drug-likeness (QED) is 0.668. The molecule has 3 heterocycles. The molecule has 3 aromatic rings. The van der Waals surface area contributed by atoms with Crippen LogP contribution in [0, 0.1) is 6.92 Å². The molecule has 1 fully saturated rings. The fourth-order valence-electron chi connectivity index (χ4n) is 4.99. The number of hydrogen-bond acceptors (Lipinski definition) is 3. The van der Waals surface area contributed by atoms with Crippen LogP contribution in [-0.2, 0) is 18.9 Å². The Balaban J connectivity index is 1.50.